The zero-order chi connectivity index (χ0) is 18.3. The van der Waals surface area contributed by atoms with Crippen LogP contribution in [-0.4, -0.2) is 24.4 Å². The van der Waals surface area contributed by atoms with E-state index in [0.29, 0.717) is 17.2 Å². The standard InChI is InChI=1S/C19H18ClN5O/c1-12(11-24-13(2)7-8-21-24)17-9-18(26)25-19(23-17)16(10-22-25)14-3-5-15(20)6-4-14/h3-10,12,22H,11H2,1-2H3. The molecule has 0 aliphatic heterocycles. The smallest absolute Gasteiger partial charge is 0.272 e. The fourth-order valence-electron chi connectivity index (χ4n) is 3.04. The fourth-order valence-corrected chi connectivity index (χ4v) is 3.16. The number of hydrogen-bond acceptors (Lipinski definition) is 3. The number of aromatic nitrogens is 5. The summed E-state index contributed by atoms with van der Waals surface area (Å²) in [4.78, 5) is 17.3. The molecule has 3 aromatic heterocycles. The highest BCUT2D eigenvalue weighted by molar-refractivity contribution is 6.30. The van der Waals surface area contributed by atoms with Crippen LogP contribution in [-0.2, 0) is 6.54 Å². The van der Waals surface area contributed by atoms with E-state index in [2.05, 4.69) is 10.2 Å². The summed E-state index contributed by atoms with van der Waals surface area (Å²) in [6.07, 6.45) is 3.57. The van der Waals surface area contributed by atoms with E-state index in [9.17, 15) is 4.79 Å². The number of halogens is 1. The molecule has 4 rings (SSSR count). The Hall–Kier alpha value is -2.86. The zero-order valence-corrected chi connectivity index (χ0v) is 15.2. The van der Waals surface area contributed by atoms with Crippen molar-refractivity contribution >= 4 is 17.2 Å². The lowest BCUT2D eigenvalue weighted by molar-refractivity contribution is 0.523. The lowest BCUT2D eigenvalue weighted by Crippen LogP contribution is -2.18. The van der Waals surface area contributed by atoms with E-state index in [1.54, 1.807) is 18.5 Å². The van der Waals surface area contributed by atoms with Crippen molar-refractivity contribution in [3.63, 3.8) is 0 Å². The van der Waals surface area contributed by atoms with Crippen LogP contribution in [0.5, 0.6) is 0 Å². The summed E-state index contributed by atoms with van der Waals surface area (Å²) in [6, 6.07) is 11.0. The lowest BCUT2D eigenvalue weighted by Gasteiger charge is -2.12. The van der Waals surface area contributed by atoms with Crippen molar-refractivity contribution in [1.82, 2.24) is 24.4 Å². The minimum Gasteiger partial charge on any atom is -0.296 e. The van der Waals surface area contributed by atoms with Gasteiger partial charge in [-0.25, -0.2) is 9.50 Å². The minimum absolute atomic E-state index is 0.0549. The first-order valence-corrected chi connectivity index (χ1v) is 8.76. The van der Waals surface area contributed by atoms with Crippen molar-refractivity contribution in [2.75, 3.05) is 0 Å². The van der Waals surface area contributed by atoms with Crippen LogP contribution in [0.2, 0.25) is 5.02 Å². The topological polar surface area (TPSA) is 68.0 Å². The second kappa shape index (κ2) is 6.46. The summed E-state index contributed by atoms with van der Waals surface area (Å²) >= 11 is 5.98. The molecule has 3 heterocycles. The Labute approximate surface area is 155 Å². The van der Waals surface area contributed by atoms with Crippen LogP contribution in [0.1, 0.15) is 24.2 Å². The number of hydrogen-bond donors (Lipinski definition) is 1. The van der Waals surface area contributed by atoms with E-state index in [1.807, 2.05) is 48.9 Å². The maximum atomic E-state index is 12.5. The molecule has 1 unspecified atom stereocenters. The number of benzene rings is 1. The SMILES string of the molecule is Cc1ccnn1CC(C)c1cc(=O)n2[nH]cc(-c3ccc(Cl)cc3)c2n1. The molecule has 1 atom stereocenters. The molecule has 0 saturated carbocycles. The lowest BCUT2D eigenvalue weighted by atomic mass is 10.1. The Balaban J connectivity index is 1.77. The number of H-pyrrole nitrogens is 1. The first-order chi connectivity index (χ1) is 12.5. The summed E-state index contributed by atoms with van der Waals surface area (Å²) in [5, 5.41) is 7.97. The van der Waals surface area contributed by atoms with Crippen LogP contribution in [0.15, 0.2) is 53.6 Å². The molecule has 1 aromatic carbocycles. The zero-order valence-electron chi connectivity index (χ0n) is 14.5. The predicted octanol–water partition coefficient (Wildman–Crippen LogP) is 3.65. The molecule has 0 radical (unpaired) electrons. The first kappa shape index (κ1) is 16.6. The van der Waals surface area contributed by atoms with Crippen LogP contribution >= 0.6 is 11.6 Å². The molecule has 132 valence electrons. The average Bonchev–Trinajstić information content (AvgIpc) is 3.22. The van der Waals surface area contributed by atoms with Crippen molar-refractivity contribution in [3.8, 4) is 11.1 Å². The molecular formula is C19H18ClN5O. The molecule has 0 aliphatic rings. The van der Waals surface area contributed by atoms with Crippen molar-refractivity contribution in [3.05, 3.63) is 75.6 Å². The molecule has 0 fully saturated rings. The molecule has 0 amide bonds. The Morgan fingerprint density at radius 1 is 1.23 bits per heavy atom. The van der Waals surface area contributed by atoms with Crippen LogP contribution < -0.4 is 5.56 Å². The van der Waals surface area contributed by atoms with Crippen LogP contribution in [0.25, 0.3) is 16.8 Å². The fraction of sp³-hybridized carbons (Fsp3) is 0.211. The molecule has 7 heteroatoms. The van der Waals surface area contributed by atoms with Gasteiger partial charge in [-0.3, -0.25) is 14.6 Å². The van der Waals surface area contributed by atoms with Crippen LogP contribution in [0.4, 0.5) is 0 Å². The molecule has 0 spiro atoms. The summed E-state index contributed by atoms with van der Waals surface area (Å²) in [7, 11) is 0. The Kier molecular flexibility index (Phi) is 4.12. The molecule has 0 saturated heterocycles. The van der Waals surface area contributed by atoms with Gasteiger partial charge in [-0.15, -0.1) is 0 Å². The second-order valence-corrected chi connectivity index (χ2v) is 6.86. The van der Waals surface area contributed by atoms with Gasteiger partial charge < -0.3 is 0 Å². The van der Waals surface area contributed by atoms with Crippen molar-refractivity contribution in [2.24, 2.45) is 0 Å². The third-order valence-corrected chi connectivity index (χ3v) is 4.81. The molecule has 4 aromatic rings. The van der Waals surface area contributed by atoms with E-state index < -0.39 is 0 Å². The molecule has 1 N–H and O–H groups in total. The van der Waals surface area contributed by atoms with Gasteiger partial charge in [-0.1, -0.05) is 30.7 Å². The third kappa shape index (κ3) is 2.93. The highest BCUT2D eigenvalue weighted by Crippen LogP contribution is 2.25. The number of rotatable bonds is 4. The molecule has 6 nitrogen and oxygen atoms in total. The van der Waals surface area contributed by atoms with Gasteiger partial charge >= 0.3 is 0 Å². The van der Waals surface area contributed by atoms with Gasteiger partial charge in [-0.2, -0.15) is 5.10 Å². The third-order valence-electron chi connectivity index (χ3n) is 4.55. The van der Waals surface area contributed by atoms with Gasteiger partial charge in [0.05, 0.1) is 5.69 Å². The summed E-state index contributed by atoms with van der Waals surface area (Å²) in [5.74, 6) is 0.0549. The van der Waals surface area contributed by atoms with Crippen LogP contribution in [0, 0.1) is 6.92 Å². The molecule has 0 aliphatic carbocycles. The Bertz CT molecular complexity index is 1120. The average molecular weight is 368 g/mol. The van der Waals surface area contributed by atoms with Crippen molar-refractivity contribution < 1.29 is 0 Å². The van der Waals surface area contributed by atoms with Gasteiger partial charge in [0.25, 0.3) is 5.56 Å². The van der Waals surface area contributed by atoms with Gasteiger partial charge in [0.2, 0.25) is 0 Å². The largest absolute Gasteiger partial charge is 0.296 e. The number of nitrogens with one attached hydrogen (secondary N) is 1. The number of fused-ring (bicyclic) bond motifs is 1. The van der Waals surface area contributed by atoms with Crippen molar-refractivity contribution in [2.45, 2.75) is 26.3 Å². The van der Waals surface area contributed by atoms with Gasteiger partial charge in [0, 0.05) is 47.2 Å². The Morgan fingerprint density at radius 2 is 2.00 bits per heavy atom. The van der Waals surface area contributed by atoms with E-state index in [-0.39, 0.29) is 11.5 Å². The Morgan fingerprint density at radius 3 is 2.69 bits per heavy atom. The van der Waals surface area contributed by atoms with E-state index in [4.69, 9.17) is 16.6 Å². The predicted molar refractivity (Wildman–Crippen MR) is 102 cm³/mol. The molecule has 0 bridgehead atoms. The van der Waals surface area contributed by atoms with Gasteiger partial charge in [0.1, 0.15) is 0 Å². The van der Waals surface area contributed by atoms with Gasteiger partial charge in [0.15, 0.2) is 5.65 Å². The first-order valence-electron chi connectivity index (χ1n) is 8.38. The second-order valence-electron chi connectivity index (χ2n) is 6.43. The van der Waals surface area contributed by atoms with E-state index in [0.717, 1.165) is 22.5 Å². The number of aromatic amines is 1. The molecule has 26 heavy (non-hydrogen) atoms. The quantitative estimate of drug-likeness (QED) is 0.598. The normalized spacial score (nSPS) is 12.6. The maximum Gasteiger partial charge on any atom is 0.272 e. The van der Waals surface area contributed by atoms with Gasteiger partial charge in [-0.05, 0) is 30.7 Å². The monoisotopic (exact) mass is 367 g/mol. The maximum absolute atomic E-state index is 12.5. The summed E-state index contributed by atoms with van der Waals surface area (Å²) in [5.41, 5.74) is 4.13. The highest BCUT2D eigenvalue weighted by atomic mass is 35.5. The highest BCUT2D eigenvalue weighted by Gasteiger charge is 2.15. The molecular weight excluding hydrogens is 350 g/mol. The van der Waals surface area contributed by atoms with Crippen molar-refractivity contribution in [1.29, 1.82) is 0 Å². The number of nitrogens with zero attached hydrogens (tertiary/aromatic N) is 4. The number of aryl methyl sites for hydroxylation is 1. The summed E-state index contributed by atoms with van der Waals surface area (Å²) < 4.78 is 3.38. The van der Waals surface area contributed by atoms with E-state index >= 15 is 0 Å². The minimum atomic E-state index is -0.130. The summed E-state index contributed by atoms with van der Waals surface area (Å²) in [6.45, 7) is 4.73. The van der Waals surface area contributed by atoms with E-state index in [1.165, 1.54) is 4.52 Å². The van der Waals surface area contributed by atoms with Crippen LogP contribution in [0.3, 0.4) is 0 Å².